The lowest BCUT2D eigenvalue weighted by Crippen LogP contribution is -2.53. The lowest BCUT2D eigenvalue weighted by atomic mass is 9.93. The molecule has 16 heavy (non-hydrogen) atoms. The average molecular weight is 230 g/mol. The van der Waals surface area contributed by atoms with Crippen LogP contribution in [0, 0.1) is 5.92 Å². The van der Waals surface area contributed by atoms with Crippen LogP contribution >= 0.6 is 0 Å². The normalized spacial score (nSPS) is 19.5. The Hall–Kier alpha value is -0.120. The minimum absolute atomic E-state index is 0.0916. The van der Waals surface area contributed by atoms with Gasteiger partial charge in [-0.1, -0.05) is 34.6 Å². The van der Waals surface area contributed by atoms with E-state index in [9.17, 15) is 0 Å². The summed E-state index contributed by atoms with van der Waals surface area (Å²) >= 11 is 0. The van der Waals surface area contributed by atoms with Crippen LogP contribution in [-0.2, 0) is 4.74 Å². The minimum Gasteiger partial charge on any atom is -0.343 e. The number of nitrogens with two attached hydrogens (primary N) is 1. The first-order valence-electron chi connectivity index (χ1n) is 6.65. The van der Waals surface area contributed by atoms with E-state index in [0.29, 0.717) is 5.92 Å². The lowest BCUT2D eigenvalue weighted by molar-refractivity contribution is -0.168. The predicted molar refractivity (Wildman–Crippen MR) is 70.1 cm³/mol. The van der Waals surface area contributed by atoms with Crippen LogP contribution in [0.4, 0.5) is 0 Å². The Balaban J connectivity index is 4.51. The molecule has 3 nitrogen and oxygen atoms in total. The Morgan fingerprint density at radius 2 is 1.62 bits per heavy atom. The van der Waals surface area contributed by atoms with Gasteiger partial charge < -0.3 is 10.5 Å². The molecule has 0 aliphatic heterocycles. The highest BCUT2D eigenvalue weighted by atomic mass is 16.5. The summed E-state index contributed by atoms with van der Waals surface area (Å²) in [5.74, 6) is 0.385. The molecule has 0 aliphatic rings. The molecule has 0 radical (unpaired) electrons. The van der Waals surface area contributed by atoms with Gasteiger partial charge in [0.15, 0.2) is 0 Å². The quantitative estimate of drug-likeness (QED) is 0.652. The van der Waals surface area contributed by atoms with Gasteiger partial charge in [0.05, 0.1) is 0 Å². The van der Waals surface area contributed by atoms with Gasteiger partial charge >= 0.3 is 0 Å². The van der Waals surface area contributed by atoms with Crippen molar-refractivity contribution in [1.29, 1.82) is 0 Å². The van der Waals surface area contributed by atoms with Crippen LogP contribution in [-0.4, -0.2) is 29.9 Å². The molecule has 0 aromatic rings. The first kappa shape index (κ1) is 15.9. The highest BCUT2D eigenvalue weighted by molar-refractivity contribution is 4.79. The second-order valence-electron chi connectivity index (χ2n) is 4.56. The van der Waals surface area contributed by atoms with Crippen molar-refractivity contribution in [1.82, 2.24) is 4.90 Å². The molecule has 0 aromatic heterocycles. The summed E-state index contributed by atoms with van der Waals surface area (Å²) in [7, 11) is 0. The maximum atomic E-state index is 6.35. The third-order valence-electron chi connectivity index (χ3n) is 3.72. The van der Waals surface area contributed by atoms with Gasteiger partial charge in [0.2, 0.25) is 0 Å². The number of hydrogen-bond acceptors (Lipinski definition) is 3. The van der Waals surface area contributed by atoms with Crippen LogP contribution in [0.25, 0.3) is 0 Å². The Labute approximate surface area is 101 Å². The first-order chi connectivity index (χ1) is 7.45. The van der Waals surface area contributed by atoms with Crippen molar-refractivity contribution in [2.45, 2.75) is 66.3 Å². The fourth-order valence-corrected chi connectivity index (χ4v) is 2.02. The lowest BCUT2D eigenvalue weighted by Gasteiger charge is -2.39. The van der Waals surface area contributed by atoms with E-state index in [-0.39, 0.29) is 6.23 Å². The zero-order valence-electron chi connectivity index (χ0n) is 11.9. The maximum Gasteiger partial charge on any atom is 0.121 e. The molecule has 3 unspecified atom stereocenters. The fourth-order valence-electron chi connectivity index (χ4n) is 2.02. The third-order valence-corrected chi connectivity index (χ3v) is 3.72. The van der Waals surface area contributed by atoms with Crippen LogP contribution in [0.2, 0.25) is 0 Å². The van der Waals surface area contributed by atoms with Crippen molar-refractivity contribution < 1.29 is 4.74 Å². The summed E-state index contributed by atoms with van der Waals surface area (Å²) in [6, 6.07) is 0. The second kappa shape index (κ2) is 7.25. The molecule has 0 spiro atoms. The summed E-state index contributed by atoms with van der Waals surface area (Å²) in [6.45, 7) is 14.8. The standard InChI is InChI=1S/C13H30N2O/c1-7-11(5)13(14,8-2)16-12(6)15(9-3)10-4/h11-12H,7-10,14H2,1-6H3. The molecule has 0 aliphatic carbocycles. The molecule has 3 heteroatoms. The van der Waals surface area contributed by atoms with Crippen LogP contribution < -0.4 is 5.73 Å². The van der Waals surface area contributed by atoms with Crippen molar-refractivity contribution in [2.24, 2.45) is 11.7 Å². The van der Waals surface area contributed by atoms with Crippen molar-refractivity contribution in [3.05, 3.63) is 0 Å². The number of ether oxygens (including phenoxy) is 1. The molecule has 0 aromatic carbocycles. The van der Waals surface area contributed by atoms with Crippen LogP contribution in [0.5, 0.6) is 0 Å². The summed E-state index contributed by atoms with van der Waals surface area (Å²) in [5.41, 5.74) is 5.86. The molecular weight excluding hydrogens is 200 g/mol. The van der Waals surface area contributed by atoms with Gasteiger partial charge in [-0.05, 0) is 38.8 Å². The molecule has 0 heterocycles. The van der Waals surface area contributed by atoms with Gasteiger partial charge in [-0.2, -0.15) is 0 Å². The van der Waals surface area contributed by atoms with E-state index in [0.717, 1.165) is 25.9 Å². The smallest absolute Gasteiger partial charge is 0.121 e. The summed E-state index contributed by atoms with van der Waals surface area (Å²) < 4.78 is 6.09. The zero-order chi connectivity index (χ0) is 12.8. The van der Waals surface area contributed by atoms with E-state index >= 15 is 0 Å². The highest BCUT2D eigenvalue weighted by Crippen LogP contribution is 2.25. The second-order valence-corrected chi connectivity index (χ2v) is 4.56. The van der Waals surface area contributed by atoms with Crippen LogP contribution in [0.15, 0.2) is 0 Å². The first-order valence-corrected chi connectivity index (χ1v) is 6.65. The van der Waals surface area contributed by atoms with Crippen molar-refractivity contribution in [2.75, 3.05) is 13.1 Å². The Morgan fingerprint density at radius 3 is 1.94 bits per heavy atom. The van der Waals surface area contributed by atoms with Crippen molar-refractivity contribution in [3.8, 4) is 0 Å². The van der Waals surface area contributed by atoms with E-state index in [1.165, 1.54) is 0 Å². The van der Waals surface area contributed by atoms with E-state index in [4.69, 9.17) is 10.5 Å². The molecule has 3 atom stereocenters. The Bertz CT molecular complexity index is 183. The van der Waals surface area contributed by atoms with Crippen LogP contribution in [0.3, 0.4) is 0 Å². The van der Waals surface area contributed by atoms with Gasteiger partial charge in [0.1, 0.15) is 12.0 Å². The van der Waals surface area contributed by atoms with Gasteiger partial charge in [-0.15, -0.1) is 0 Å². The van der Waals surface area contributed by atoms with Gasteiger partial charge in [-0.3, -0.25) is 4.90 Å². The molecule has 0 bridgehead atoms. The fraction of sp³-hybridized carbons (Fsp3) is 1.00. The van der Waals surface area contributed by atoms with E-state index in [1.54, 1.807) is 0 Å². The predicted octanol–water partition coefficient (Wildman–Crippen LogP) is 2.80. The maximum absolute atomic E-state index is 6.35. The number of rotatable bonds is 8. The van der Waals surface area contributed by atoms with E-state index in [1.807, 2.05) is 0 Å². The summed E-state index contributed by atoms with van der Waals surface area (Å²) in [4.78, 5) is 2.28. The molecule has 98 valence electrons. The Kier molecular flexibility index (Phi) is 7.20. The Morgan fingerprint density at radius 1 is 1.12 bits per heavy atom. The van der Waals surface area contributed by atoms with Gasteiger partial charge in [-0.25, -0.2) is 0 Å². The summed E-state index contributed by atoms with van der Waals surface area (Å²) in [6.07, 6.45) is 2.00. The monoisotopic (exact) mass is 230 g/mol. The molecule has 0 rings (SSSR count). The van der Waals surface area contributed by atoms with Crippen molar-refractivity contribution >= 4 is 0 Å². The van der Waals surface area contributed by atoms with Crippen molar-refractivity contribution in [3.63, 3.8) is 0 Å². The molecule has 0 saturated heterocycles. The largest absolute Gasteiger partial charge is 0.343 e. The molecule has 0 saturated carbocycles. The average Bonchev–Trinajstić information content (AvgIpc) is 2.29. The topological polar surface area (TPSA) is 38.5 Å². The highest BCUT2D eigenvalue weighted by Gasteiger charge is 2.32. The van der Waals surface area contributed by atoms with E-state index < -0.39 is 5.72 Å². The molecule has 0 fully saturated rings. The molecule has 0 amide bonds. The third kappa shape index (κ3) is 4.04. The SMILES string of the molecule is CCC(C)C(N)(CC)OC(C)N(CC)CC. The minimum atomic E-state index is -0.489. The van der Waals surface area contributed by atoms with Gasteiger partial charge in [0.25, 0.3) is 0 Å². The van der Waals surface area contributed by atoms with E-state index in [2.05, 4.69) is 46.4 Å². The molecule has 2 N–H and O–H groups in total. The van der Waals surface area contributed by atoms with Gasteiger partial charge in [0, 0.05) is 0 Å². The van der Waals surface area contributed by atoms with Crippen LogP contribution in [0.1, 0.15) is 54.4 Å². The summed E-state index contributed by atoms with van der Waals surface area (Å²) in [5, 5.41) is 0. The number of nitrogens with zero attached hydrogens (tertiary/aromatic N) is 1. The number of hydrogen-bond donors (Lipinski definition) is 1. The molecular formula is C13H30N2O. The zero-order valence-corrected chi connectivity index (χ0v) is 11.9.